The van der Waals surface area contributed by atoms with Gasteiger partial charge in [0, 0.05) is 12.8 Å². The molecule has 36 heavy (non-hydrogen) atoms. The largest absolute Gasteiger partial charge is 0.464 e. The van der Waals surface area contributed by atoms with Crippen molar-refractivity contribution in [3.05, 3.63) is 47.6 Å². The molecular formula is C31H48O5. The van der Waals surface area contributed by atoms with Crippen LogP contribution < -0.4 is 0 Å². The molecule has 6 atom stereocenters. The maximum Gasteiger partial charge on any atom is 0.338 e. The van der Waals surface area contributed by atoms with Gasteiger partial charge in [-0.15, -0.1) is 0 Å². The zero-order valence-electron chi connectivity index (χ0n) is 23.2. The highest BCUT2D eigenvalue weighted by atomic mass is 16.5. The monoisotopic (exact) mass is 500 g/mol. The van der Waals surface area contributed by atoms with E-state index in [0.29, 0.717) is 23.0 Å². The minimum absolute atomic E-state index is 0.0157. The summed E-state index contributed by atoms with van der Waals surface area (Å²) in [6.07, 6.45) is 12.6. The van der Waals surface area contributed by atoms with Gasteiger partial charge in [0.15, 0.2) is 5.60 Å². The number of hydrogen-bond donors (Lipinski definition) is 3. The van der Waals surface area contributed by atoms with Crippen LogP contribution >= 0.6 is 0 Å². The van der Waals surface area contributed by atoms with E-state index in [4.69, 9.17) is 4.74 Å². The normalized spacial score (nSPS) is 36.6. The van der Waals surface area contributed by atoms with E-state index in [9.17, 15) is 20.1 Å². The quantitative estimate of drug-likeness (QED) is 0.310. The molecule has 3 fully saturated rings. The van der Waals surface area contributed by atoms with Crippen molar-refractivity contribution in [3.63, 3.8) is 0 Å². The van der Waals surface area contributed by atoms with Gasteiger partial charge in [-0.1, -0.05) is 71.1 Å². The Balaban J connectivity index is 1.85. The summed E-state index contributed by atoms with van der Waals surface area (Å²) >= 11 is 0. The van der Waals surface area contributed by atoms with E-state index >= 15 is 0 Å². The molecular weight excluding hydrogens is 452 g/mol. The smallest absolute Gasteiger partial charge is 0.338 e. The number of carbonyl (C=O) groups excluding carboxylic acids is 1. The van der Waals surface area contributed by atoms with Crippen LogP contribution in [0.15, 0.2) is 47.6 Å². The van der Waals surface area contributed by atoms with Crippen LogP contribution in [0.2, 0.25) is 0 Å². The Kier molecular flexibility index (Phi) is 8.80. The number of hydrogen-bond acceptors (Lipinski definition) is 5. The summed E-state index contributed by atoms with van der Waals surface area (Å²) in [5.41, 5.74) is 1.13. The Morgan fingerprint density at radius 2 is 1.97 bits per heavy atom. The van der Waals surface area contributed by atoms with Gasteiger partial charge < -0.3 is 20.1 Å². The minimum atomic E-state index is -1.72. The summed E-state index contributed by atoms with van der Waals surface area (Å²) in [6, 6.07) is 0. The second-order valence-corrected chi connectivity index (χ2v) is 12.6. The number of esters is 1. The molecule has 3 aliphatic carbocycles. The number of ether oxygens (including phenoxy) is 1. The summed E-state index contributed by atoms with van der Waals surface area (Å²) in [4.78, 5) is 12.4. The molecule has 5 heteroatoms. The molecule has 3 N–H and O–H groups in total. The van der Waals surface area contributed by atoms with Crippen LogP contribution in [-0.2, 0) is 9.53 Å². The lowest BCUT2D eigenvalue weighted by molar-refractivity contribution is -0.168. The van der Waals surface area contributed by atoms with E-state index in [-0.39, 0.29) is 36.2 Å². The van der Waals surface area contributed by atoms with Crippen LogP contribution in [0.3, 0.4) is 0 Å². The fourth-order valence-electron chi connectivity index (χ4n) is 7.10. The predicted molar refractivity (Wildman–Crippen MR) is 144 cm³/mol. The fourth-order valence-corrected chi connectivity index (χ4v) is 7.10. The van der Waals surface area contributed by atoms with Gasteiger partial charge in [-0.3, -0.25) is 0 Å². The fraction of sp³-hybridized carbons (Fsp3) is 0.710. The first-order chi connectivity index (χ1) is 16.7. The average Bonchev–Trinajstić information content (AvgIpc) is 3.17. The minimum Gasteiger partial charge on any atom is -0.464 e. The van der Waals surface area contributed by atoms with Crippen LogP contribution in [0.1, 0.15) is 86.5 Å². The lowest BCUT2D eigenvalue weighted by Crippen LogP contribution is -2.47. The van der Waals surface area contributed by atoms with Crippen molar-refractivity contribution < 1.29 is 24.9 Å². The third-order valence-electron chi connectivity index (χ3n) is 9.25. The highest BCUT2D eigenvalue weighted by Gasteiger charge is 2.53. The van der Waals surface area contributed by atoms with Gasteiger partial charge in [0.05, 0.1) is 18.8 Å². The number of aliphatic hydroxyl groups is 3. The summed E-state index contributed by atoms with van der Waals surface area (Å²) in [6.45, 7) is 17.1. The van der Waals surface area contributed by atoms with Gasteiger partial charge in [-0.25, -0.2) is 4.79 Å². The average molecular weight is 501 g/mol. The van der Waals surface area contributed by atoms with E-state index in [0.717, 1.165) is 25.7 Å². The number of allylic oxidation sites excluding steroid dienone is 4. The van der Waals surface area contributed by atoms with E-state index in [2.05, 4.69) is 39.5 Å². The highest BCUT2D eigenvalue weighted by Crippen LogP contribution is 2.62. The van der Waals surface area contributed by atoms with Gasteiger partial charge in [0.25, 0.3) is 0 Å². The number of rotatable bonds is 7. The lowest BCUT2D eigenvalue weighted by Gasteiger charge is -2.47. The van der Waals surface area contributed by atoms with E-state index in [1.807, 2.05) is 26.0 Å². The molecule has 0 bridgehead atoms. The summed E-state index contributed by atoms with van der Waals surface area (Å²) in [5.74, 6) is 0.511. The zero-order chi connectivity index (χ0) is 26.9. The third-order valence-corrected chi connectivity index (χ3v) is 9.25. The van der Waals surface area contributed by atoms with E-state index < -0.39 is 23.8 Å². The van der Waals surface area contributed by atoms with Gasteiger partial charge in [-0.2, -0.15) is 0 Å². The molecule has 0 spiro atoms. The number of fused-ring (bicyclic) bond motifs is 1. The summed E-state index contributed by atoms with van der Waals surface area (Å²) < 4.78 is 5.08. The maximum atomic E-state index is 12.4. The van der Waals surface area contributed by atoms with Crippen molar-refractivity contribution in [2.75, 3.05) is 6.61 Å². The number of carbonyl (C=O) groups is 1. The molecule has 202 valence electrons. The first-order valence-corrected chi connectivity index (χ1v) is 13.8. The molecule has 0 aromatic carbocycles. The molecule has 3 rings (SSSR count). The topological polar surface area (TPSA) is 87.0 Å². The van der Waals surface area contributed by atoms with Crippen molar-refractivity contribution in [2.24, 2.45) is 28.6 Å². The lowest BCUT2D eigenvalue weighted by atomic mass is 9.57. The second-order valence-electron chi connectivity index (χ2n) is 12.6. The zero-order valence-corrected chi connectivity index (χ0v) is 23.2. The van der Waals surface area contributed by atoms with Gasteiger partial charge in [0.1, 0.15) is 0 Å². The molecule has 0 aromatic heterocycles. The van der Waals surface area contributed by atoms with Crippen LogP contribution in [0.4, 0.5) is 0 Å². The standard InChI is InChI=1S/C31H48O5/c1-8-36-28(34)31(35)18-23(21(4)26(33)19-31)12-11-22-10-9-16-30(7)24(22)13-14-27(30)29(5,6)17-15-25(32)20(2)3/h11-12,15,17,20,24-27,32-33,35H,4,8-10,13-14,16,18-19H2,1-3,5-7H3/t24-,25-,26-,27+,30-,31+/m0/s1. The summed E-state index contributed by atoms with van der Waals surface area (Å²) in [5, 5.41) is 31.8. The first kappa shape index (κ1) is 28.9. The molecule has 0 heterocycles. The van der Waals surface area contributed by atoms with Crippen LogP contribution in [0.5, 0.6) is 0 Å². The van der Waals surface area contributed by atoms with Crippen molar-refractivity contribution in [1.29, 1.82) is 0 Å². The first-order valence-electron chi connectivity index (χ1n) is 13.8. The van der Waals surface area contributed by atoms with Crippen LogP contribution in [-0.4, -0.2) is 45.7 Å². The molecule has 3 aliphatic rings. The Morgan fingerprint density at radius 3 is 2.61 bits per heavy atom. The molecule has 0 aliphatic heterocycles. The van der Waals surface area contributed by atoms with Crippen molar-refractivity contribution >= 4 is 5.97 Å². The second kappa shape index (κ2) is 11.0. The Labute approximate surface area is 218 Å². The Morgan fingerprint density at radius 1 is 1.28 bits per heavy atom. The molecule has 0 aromatic rings. The highest BCUT2D eigenvalue weighted by molar-refractivity contribution is 5.80. The Hall–Kier alpha value is -1.69. The van der Waals surface area contributed by atoms with Crippen LogP contribution in [0.25, 0.3) is 0 Å². The van der Waals surface area contributed by atoms with Crippen molar-refractivity contribution in [3.8, 4) is 0 Å². The Bertz CT molecular complexity index is 925. The van der Waals surface area contributed by atoms with Crippen molar-refractivity contribution in [1.82, 2.24) is 0 Å². The summed E-state index contributed by atoms with van der Waals surface area (Å²) in [7, 11) is 0. The van der Waals surface area contributed by atoms with Gasteiger partial charge in [0.2, 0.25) is 0 Å². The van der Waals surface area contributed by atoms with Crippen LogP contribution in [0, 0.1) is 28.6 Å². The van der Waals surface area contributed by atoms with Gasteiger partial charge >= 0.3 is 5.97 Å². The van der Waals surface area contributed by atoms with Gasteiger partial charge in [-0.05, 0) is 78.8 Å². The molecule has 5 nitrogen and oxygen atoms in total. The number of aliphatic hydroxyl groups excluding tert-OH is 2. The molecule has 0 unspecified atom stereocenters. The van der Waals surface area contributed by atoms with Crippen molar-refractivity contribution in [2.45, 2.75) is 104 Å². The molecule has 0 radical (unpaired) electrons. The molecule has 0 amide bonds. The molecule has 0 saturated heterocycles. The van der Waals surface area contributed by atoms with E-state index in [1.54, 1.807) is 6.92 Å². The third kappa shape index (κ3) is 5.74. The van der Waals surface area contributed by atoms with E-state index in [1.165, 1.54) is 12.0 Å². The molecule has 3 saturated carbocycles. The predicted octanol–water partition coefficient (Wildman–Crippen LogP) is 5.66. The SMILES string of the molecule is C=C1C(=CC=C2CCC[C@]3(C)[C@@H](C(C)(C)C=C[C@H](O)C(C)C)CC[C@@H]23)C[C@](O)(C(=O)OCC)C[C@@H]1O. The maximum absolute atomic E-state index is 12.4.